The molecule has 0 aromatic heterocycles. The van der Waals surface area contributed by atoms with Gasteiger partial charge in [-0.25, -0.2) is 0 Å². The number of rotatable bonds is 2. The molecule has 1 fully saturated rings. The monoisotopic (exact) mass is 391 g/mol. The van der Waals surface area contributed by atoms with Crippen LogP contribution in [0.25, 0.3) is 0 Å². The highest BCUT2D eigenvalue weighted by atomic mass is 79.9. The molecule has 0 saturated carbocycles. The van der Waals surface area contributed by atoms with Crippen molar-refractivity contribution in [2.75, 3.05) is 17.2 Å². The van der Waals surface area contributed by atoms with E-state index in [0.717, 1.165) is 38.1 Å². The Morgan fingerprint density at radius 1 is 1.39 bits per heavy atom. The number of thiol groups is 1. The molecule has 0 aliphatic carbocycles. The van der Waals surface area contributed by atoms with Crippen molar-refractivity contribution in [1.29, 1.82) is 0 Å². The first-order valence-corrected chi connectivity index (χ1v) is 8.04. The third kappa shape index (κ3) is 2.49. The van der Waals surface area contributed by atoms with E-state index in [0.29, 0.717) is 12.3 Å². The molecule has 1 aliphatic rings. The van der Waals surface area contributed by atoms with E-state index in [4.69, 9.17) is 0 Å². The van der Waals surface area contributed by atoms with Crippen LogP contribution < -0.4 is 4.90 Å². The maximum Gasteiger partial charge on any atom is 0.227 e. The van der Waals surface area contributed by atoms with Gasteiger partial charge in [0.25, 0.3) is 0 Å². The van der Waals surface area contributed by atoms with Crippen LogP contribution in [0.5, 0.6) is 0 Å². The highest BCUT2D eigenvalue weighted by Gasteiger charge is 2.31. The fourth-order valence-corrected chi connectivity index (χ4v) is 3.60. The fraction of sp³-hybridized carbons (Fsp3) is 0.462. The molecule has 0 bridgehead atoms. The minimum atomic E-state index is 0.191. The Morgan fingerprint density at radius 3 is 2.61 bits per heavy atom. The number of aryl methyl sites for hydroxylation is 1. The molecule has 1 saturated heterocycles. The van der Waals surface area contributed by atoms with Crippen LogP contribution >= 0.6 is 44.5 Å². The number of benzene rings is 1. The summed E-state index contributed by atoms with van der Waals surface area (Å²) in [5.41, 5.74) is 3.25. The summed E-state index contributed by atoms with van der Waals surface area (Å²) in [6.07, 6.45) is 0.601. The van der Waals surface area contributed by atoms with Gasteiger partial charge in [0.15, 0.2) is 0 Å². The van der Waals surface area contributed by atoms with Crippen molar-refractivity contribution in [2.45, 2.75) is 20.3 Å². The predicted octanol–water partition coefficient (Wildman–Crippen LogP) is 4.11. The van der Waals surface area contributed by atoms with Crippen LogP contribution in [0.3, 0.4) is 0 Å². The topological polar surface area (TPSA) is 20.3 Å². The summed E-state index contributed by atoms with van der Waals surface area (Å²) in [6, 6.07) is 2.06. The van der Waals surface area contributed by atoms with E-state index in [1.807, 2.05) is 18.7 Å². The van der Waals surface area contributed by atoms with E-state index in [1.54, 1.807) is 0 Å². The average molecular weight is 393 g/mol. The van der Waals surface area contributed by atoms with Crippen LogP contribution in [0.4, 0.5) is 5.69 Å². The quantitative estimate of drug-likeness (QED) is 0.751. The minimum Gasteiger partial charge on any atom is -0.311 e. The highest BCUT2D eigenvalue weighted by molar-refractivity contribution is 9.11. The van der Waals surface area contributed by atoms with Gasteiger partial charge in [0.2, 0.25) is 5.91 Å². The van der Waals surface area contributed by atoms with Gasteiger partial charge in [-0.1, -0.05) is 15.9 Å². The van der Waals surface area contributed by atoms with Crippen molar-refractivity contribution in [1.82, 2.24) is 0 Å². The summed E-state index contributed by atoms with van der Waals surface area (Å²) < 4.78 is 2.09. The molecular weight excluding hydrogens is 378 g/mol. The minimum absolute atomic E-state index is 0.191. The maximum atomic E-state index is 12.1. The van der Waals surface area contributed by atoms with Crippen LogP contribution in [-0.2, 0) is 4.79 Å². The lowest BCUT2D eigenvalue weighted by molar-refractivity contribution is -0.117. The average Bonchev–Trinajstić information content (AvgIpc) is 2.72. The van der Waals surface area contributed by atoms with Gasteiger partial charge < -0.3 is 4.90 Å². The number of amides is 1. The summed E-state index contributed by atoms with van der Waals surface area (Å²) >= 11 is 11.5. The Kier molecular flexibility index (Phi) is 4.44. The lowest BCUT2D eigenvalue weighted by atomic mass is 10.1. The predicted molar refractivity (Wildman–Crippen MR) is 85.6 cm³/mol. The smallest absolute Gasteiger partial charge is 0.227 e. The van der Waals surface area contributed by atoms with Gasteiger partial charge in [-0.15, -0.1) is 0 Å². The molecule has 0 N–H and O–H groups in total. The van der Waals surface area contributed by atoms with E-state index in [2.05, 4.69) is 50.6 Å². The third-order valence-corrected chi connectivity index (χ3v) is 6.07. The first-order chi connectivity index (χ1) is 8.45. The molecule has 1 heterocycles. The number of hydrogen-bond donors (Lipinski definition) is 1. The normalized spacial score (nSPS) is 19.7. The molecule has 2 rings (SSSR count). The Morgan fingerprint density at radius 2 is 2.06 bits per heavy atom. The molecule has 2 nitrogen and oxygen atoms in total. The zero-order valence-corrected chi connectivity index (χ0v) is 14.4. The SMILES string of the molecule is Cc1cc(N2CC(CS)CC2=O)c(Br)c(C)c1Br. The van der Waals surface area contributed by atoms with E-state index in [1.165, 1.54) is 0 Å². The Hall–Kier alpha value is -0.000000000000000111. The van der Waals surface area contributed by atoms with E-state index in [-0.39, 0.29) is 5.91 Å². The van der Waals surface area contributed by atoms with Crippen molar-refractivity contribution in [3.8, 4) is 0 Å². The van der Waals surface area contributed by atoms with Crippen LogP contribution in [-0.4, -0.2) is 18.2 Å². The van der Waals surface area contributed by atoms with Crippen LogP contribution in [0.15, 0.2) is 15.0 Å². The zero-order chi connectivity index (χ0) is 13.4. The second-order valence-electron chi connectivity index (χ2n) is 4.72. The number of anilines is 1. The lowest BCUT2D eigenvalue weighted by Gasteiger charge is -2.21. The van der Waals surface area contributed by atoms with E-state index < -0.39 is 0 Å². The molecule has 1 aromatic rings. The first kappa shape index (κ1) is 14.4. The molecular formula is C13H15Br2NOS. The first-order valence-electron chi connectivity index (χ1n) is 5.82. The maximum absolute atomic E-state index is 12.1. The Bertz CT molecular complexity index is 504. The Labute approximate surface area is 130 Å². The van der Waals surface area contributed by atoms with Gasteiger partial charge in [0, 0.05) is 21.9 Å². The molecule has 18 heavy (non-hydrogen) atoms. The summed E-state index contributed by atoms with van der Waals surface area (Å²) in [5, 5.41) is 0. The van der Waals surface area contributed by atoms with Crippen molar-refractivity contribution >= 4 is 56.1 Å². The molecule has 1 unspecified atom stereocenters. The van der Waals surface area contributed by atoms with Crippen LogP contribution in [0.2, 0.25) is 0 Å². The molecule has 1 aromatic carbocycles. The van der Waals surface area contributed by atoms with Gasteiger partial charge in [-0.05, 0) is 58.6 Å². The summed E-state index contributed by atoms with van der Waals surface area (Å²) in [7, 11) is 0. The standard InChI is InChI=1S/C13H15Br2NOS/c1-7-3-10(13(15)8(2)12(7)14)16-5-9(6-18)4-11(16)17/h3,9,18H,4-6H2,1-2H3. The molecule has 98 valence electrons. The van der Waals surface area contributed by atoms with Crippen LogP contribution in [0, 0.1) is 19.8 Å². The summed E-state index contributed by atoms with van der Waals surface area (Å²) in [4.78, 5) is 13.9. The number of carbonyl (C=O) groups is 1. The van der Waals surface area contributed by atoms with Gasteiger partial charge in [-0.2, -0.15) is 12.6 Å². The molecule has 1 atom stereocenters. The Balaban J connectivity index is 2.43. The molecule has 1 amide bonds. The lowest BCUT2D eigenvalue weighted by Crippen LogP contribution is -2.25. The second kappa shape index (κ2) is 5.55. The van der Waals surface area contributed by atoms with E-state index >= 15 is 0 Å². The molecule has 0 radical (unpaired) electrons. The van der Waals surface area contributed by atoms with Gasteiger partial charge in [-0.3, -0.25) is 4.79 Å². The van der Waals surface area contributed by atoms with Crippen LogP contribution in [0.1, 0.15) is 17.5 Å². The summed E-state index contributed by atoms with van der Waals surface area (Å²) in [6.45, 7) is 4.85. The number of nitrogens with zero attached hydrogens (tertiary/aromatic N) is 1. The van der Waals surface area contributed by atoms with Crippen molar-refractivity contribution in [3.63, 3.8) is 0 Å². The molecule has 0 spiro atoms. The summed E-state index contributed by atoms with van der Waals surface area (Å²) in [5.74, 6) is 1.31. The molecule has 1 aliphatic heterocycles. The van der Waals surface area contributed by atoms with Gasteiger partial charge in [0.05, 0.1) is 5.69 Å². The molecule has 5 heteroatoms. The highest BCUT2D eigenvalue weighted by Crippen LogP contribution is 2.38. The van der Waals surface area contributed by atoms with Crippen molar-refractivity contribution in [2.24, 2.45) is 5.92 Å². The van der Waals surface area contributed by atoms with Crippen molar-refractivity contribution < 1.29 is 4.79 Å². The number of carbonyl (C=O) groups excluding carboxylic acids is 1. The second-order valence-corrected chi connectivity index (χ2v) is 6.67. The number of hydrogen-bond acceptors (Lipinski definition) is 2. The van der Waals surface area contributed by atoms with E-state index in [9.17, 15) is 4.79 Å². The van der Waals surface area contributed by atoms with Gasteiger partial charge in [0.1, 0.15) is 0 Å². The van der Waals surface area contributed by atoms with Crippen molar-refractivity contribution in [3.05, 3.63) is 26.1 Å². The largest absolute Gasteiger partial charge is 0.311 e. The number of halogens is 2. The zero-order valence-electron chi connectivity index (χ0n) is 10.3. The fourth-order valence-electron chi connectivity index (χ4n) is 2.25. The van der Waals surface area contributed by atoms with Gasteiger partial charge >= 0.3 is 0 Å². The third-order valence-electron chi connectivity index (χ3n) is 3.34.